The molecule has 0 spiro atoms. The fraction of sp³-hybridized carbons (Fsp3) is 0.550. The highest BCUT2D eigenvalue weighted by atomic mass is 16.2. The second kappa shape index (κ2) is 7.67. The molecule has 2 aromatic rings. The minimum absolute atomic E-state index is 0.0953. The molecule has 0 saturated heterocycles. The lowest BCUT2D eigenvalue weighted by Crippen LogP contribution is -2.33. The fourth-order valence-corrected chi connectivity index (χ4v) is 3.31. The Hall–Kier alpha value is -1.77. The van der Waals surface area contributed by atoms with Crippen molar-refractivity contribution < 1.29 is 4.79 Å². The van der Waals surface area contributed by atoms with E-state index in [-0.39, 0.29) is 11.9 Å². The average Bonchev–Trinajstić information content (AvgIpc) is 2.76. The van der Waals surface area contributed by atoms with Gasteiger partial charge in [0.1, 0.15) is 6.54 Å². The van der Waals surface area contributed by atoms with Crippen LogP contribution in [0.15, 0.2) is 18.2 Å². The van der Waals surface area contributed by atoms with Crippen molar-refractivity contribution in [3.8, 4) is 0 Å². The zero-order valence-corrected chi connectivity index (χ0v) is 15.2. The first-order chi connectivity index (χ1) is 11.0. The van der Waals surface area contributed by atoms with Gasteiger partial charge in [0, 0.05) is 22.6 Å². The fourth-order valence-electron chi connectivity index (χ4n) is 3.31. The molecule has 1 aromatic carbocycles. The molecule has 0 saturated carbocycles. The van der Waals surface area contributed by atoms with E-state index in [4.69, 9.17) is 0 Å². The first kappa shape index (κ1) is 17.6. The Morgan fingerprint density at radius 3 is 2.61 bits per heavy atom. The van der Waals surface area contributed by atoms with Gasteiger partial charge in [-0.25, -0.2) is 0 Å². The number of carbonyl (C=O) groups is 1. The summed E-state index contributed by atoms with van der Waals surface area (Å²) >= 11 is 0. The summed E-state index contributed by atoms with van der Waals surface area (Å²) in [6.07, 6.45) is 4.39. The Labute approximate surface area is 140 Å². The van der Waals surface area contributed by atoms with Crippen LogP contribution >= 0.6 is 0 Å². The van der Waals surface area contributed by atoms with Crippen LogP contribution in [0.2, 0.25) is 0 Å². The summed E-state index contributed by atoms with van der Waals surface area (Å²) in [4.78, 5) is 12.3. The zero-order valence-electron chi connectivity index (χ0n) is 15.2. The number of hydrogen-bond donors (Lipinski definition) is 1. The number of aryl methyl sites for hydroxylation is 2. The van der Waals surface area contributed by atoms with Crippen LogP contribution in [0.4, 0.5) is 0 Å². The van der Waals surface area contributed by atoms with E-state index in [1.54, 1.807) is 0 Å². The van der Waals surface area contributed by atoms with Gasteiger partial charge in [0.2, 0.25) is 5.91 Å². The Morgan fingerprint density at radius 2 is 2.00 bits per heavy atom. The van der Waals surface area contributed by atoms with Crippen molar-refractivity contribution in [2.45, 2.75) is 72.9 Å². The molecule has 3 nitrogen and oxygen atoms in total. The first-order valence-corrected chi connectivity index (χ1v) is 8.87. The molecule has 1 aromatic heterocycles. The molecule has 2 rings (SSSR count). The molecular formula is C20H30N2O. The molecule has 0 aliphatic carbocycles. The second-order valence-electron chi connectivity index (χ2n) is 6.71. The van der Waals surface area contributed by atoms with Crippen LogP contribution in [0.1, 0.15) is 57.4 Å². The number of nitrogens with one attached hydrogen (secondary N) is 1. The maximum absolute atomic E-state index is 12.3. The molecule has 1 amide bonds. The van der Waals surface area contributed by atoms with Gasteiger partial charge in [0.15, 0.2) is 0 Å². The van der Waals surface area contributed by atoms with Gasteiger partial charge >= 0.3 is 0 Å². The van der Waals surface area contributed by atoms with Crippen LogP contribution in [-0.2, 0) is 24.2 Å². The number of unbranched alkanes of at least 4 members (excludes halogenated alkanes) is 1. The van der Waals surface area contributed by atoms with Gasteiger partial charge in [-0.05, 0) is 57.7 Å². The van der Waals surface area contributed by atoms with Crippen LogP contribution < -0.4 is 5.32 Å². The van der Waals surface area contributed by atoms with Crippen molar-refractivity contribution in [2.24, 2.45) is 0 Å². The van der Waals surface area contributed by atoms with Crippen molar-refractivity contribution in [3.63, 3.8) is 0 Å². The largest absolute Gasteiger partial charge is 0.352 e. The highest BCUT2D eigenvalue weighted by Gasteiger charge is 2.17. The standard InChI is InChI=1S/C20H30N2O/c1-6-8-9-18-16(7-2)17-12-15(5)10-11-19(17)22(18)13-20(23)21-14(3)4/h10-12,14H,6-9,13H2,1-5H3,(H,21,23). The van der Waals surface area contributed by atoms with Gasteiger partial charge in [-0.3, -0.25) is 4.79 Å². The lowest BCUT2D eigenvalue weighted by molar-refractivity contribution is -0.122. The maximum atomic E-state index is 12.3. The van der Waals surface area contributed by atoms with E-state index in [0.717, 1.165) is 19.3 Å². The molecule has 1 N–H and O–H groups in total. The van der Waals surface area contributed by atoms with Crippen molar-refractivity contribution in [1.82, 2.24) is 9.88 Å². The number of nitrogens with zero attached hydrogens (tertiary/aromatic N) is 1. The van der Waals surface area contributed by atoms with Gasteiger partial charge in [-0.1, -0.05) is 31.9 Å². The summed E-state index contributed by atoms with van der Waals surface area (Å²) < 4.78 is 2.24. The van der Waals surface area contributed by atoms with E-state index in [0.29, 0.717) is 6.54 Å². The summed E-state index contributed by atoms with van der Waals surface area (Å²) in [5.74, 6) is 0.0953. The molecule has 0 bridgehead atoms. The summed E-state index contributed by atoms with van der Waals surface area (Å²) in [7, 11) is 0. The van der Waals surface area contributed by atoms with Gasteiger partial charge < -0.3 is 9.88 Å². The normalized spacial score (nSPS) is 11.4. The lowest BCUT2D eigenvalue weighted by atomic mass is 10.0. The Bertz CT molecular complexity index is 682. The number of hydrogen-bond acceptors (Lipinski definition) is 1. The molecule has 0 fully saturated rings. The van der Waals surface area contributed by atoms with Crippen molar-refractivity contribution >= 4 is 16.8 Å². The quantitative estimate of drug-likeness (QED) is 0.808. The van der Waals surface area contributed by atoms with Gasteiger partial charge in [0.25, 0.3) is 0 Å². The second-order valence-corrected chi connectivity index (χ2v) is 6.71. The number of rotatable bonds is 7. The molecule has 0 aliphatic rings. The summed E-state index contributed by atoms with van der Waals surface area (Å²) in [5.41, 5.74) is 5.22. The molecular weight excluding hydrogens is 284 g/mol. The van der Waals surface area contributed by atoms with E-state index < -0.39 is 0 Å². The predicted octanol–water partition coefficient (Wildman–Crippen LogP) is 4.38. The van der Waals surface area contributed by atoms with Crippen LogP contribution in [0.5, 0.6) is 0 Å². The Morgan fingerprint density at radius 1 is 1.26 bits per heavy atom. The number of amides is 1. The SMILES string of the molecule is CCCCc1c(CC)c2cc(C)ccc2n1CC(=O)NC(C)C. The number of fused-ring (bicyclic) bond motifs is 1. The minimum atomic E-state index is 0.0953. The van der Waals surface area contributed by atoms with Crippen molar-refractivity contribution in [1.29, 1.82) is 0 Å². The molecule has 0 radical (unpaired) electrons. The van der Waals surface area contributed by atoms with Crippen molar-refractivity contribution in [2.75, 3.05) is 0 Å². The maximum Gasteiger partial charge on any atom is 0.240 e. The van der Waals surface area contributed by atoms with Gasteiger partial charge in [-0.15, -0.1) is 0 Å². The van der Waals surface area contributed by atoms with Crippen LogP contribution in [-0.4, -0.2) is 16.5 Å². The monoisotopic (exact) mass is 314 g/mol. The third-order valence-corrected chi connectivity index (χ3v) is 4.31. The molecule has 0 aliphatic heterocycles. The third-order valence-electron chi connectivity index (χ3n) is 4.31. The van der Waals surface area contributed by atoms with Gasteiger partial charge in [0.05, 0.1) is 0 Å². The molecule has 23 heavy (non-hydrogen) atoms. The molecule has 3 heteroatoms. The van der Waals surface area contributed by atoms with E-state index in [2.05, 4.69) is 48.9 Å². The average molecular weight is 314 g/mol. The van der Waals surface area contributed by atoms with E-state index in [1.807, 2.05) is 13.8 Å². The Balaban J connectivity index is 2.52. The predicted molar refractivity (Wildman–Crippen MR) is 97.9 cm³/mol. The number of aromatic nitrogens is 1. The number of benzene rings is 1. The summed E-state index contributed by atoms with van der Waals surface area (Å²) in [6, 6.07) is 6.75. The highest BCUT2D eigenvalue weighted by Crippen LogP contribution is 2.29. The summed E-state index contributed by atoms with van der Waals surface area (Å²) in [6.45, 7) is 11.0. The van der Waals surface area contributed by atoms with E-state index >= 15 is 0 Å². The lowest BCUT2D eigenvalue weighted by Gasteiger charge is -2.14. The molecule has 1 heterocycles. The van der Waals surface area contributed by atoms with Crippen LogP contribution in [0.25, 0.3) is 10.9 Å². The minimum Gasteiger partial charge on any atom is -0.352 e. The molecule has 0 unspecified atom stereocenters. The van der Waals surface area contributed by atoms with Gasteiger partial charge in [-0.2, -0.15) is 0 Å². The smallest absolute Gasteiger partial charge is 0.240 e. The Kier molecular flexibility index (Phi) is 5.86. The first-order valence-electron chi connectivity index (χ1n) is 8.87. The number of carbonyl (C=O) groups excluding carboxylic acids is 1. The summed E-state index contributed by atoms with van der Waals surface area (Å²) in [5, 5.41) is 4.33. The van der Waals surface area contributed by atoms with E-state index in [1.165, 1.54) is 34.1 Å². The van der Waals surface area contributed by atoms with Crippen LogP contribution in [0.3, 0.4) is 0 Å². The third kappa shape index (κ3) is 3.95. The molecule has 0 atom stereocenters. The van der Waals surface area contributed by atoms with E-state index in [9.17, 15) is 4.79 Å². The van der Waals surface area contributed by atoms with Crippen LogP contribution in [0, 0.1) is 6.92 Å². The zero-order chi connectivity index (χ0) is 17.0. The topological polar surface area (TPSA) is 34.0 Å². The highest BCUT2D eigenvalue weighted by molar-refractivity contribution is 5.88. The molecule has 126 valence electrons. The van der Waals surface area contributed by atoms with Crippen molar-refractivity contribution in [3.05, 3.63) is 35.0 Å².